The molecule has 0 fully saturated rings. The highest BCUT2D eigenvalue weighted by Crippen LogP contribution is 1.93. The Kier molecular flexibility index (Phi) is 3.77. The van der Waals surface area contributed by atoms with Crippen molar-refractivity contribution in [3.8, 4) is 0 Å². The molecule has 64 valence electrons. The summed E-state index contributed by atoms with van der Waals surface area (Å²) in [4.78, 5) is 14.0. The SMILES string of the molecule is C=CC(=O)OOS(=O)(=O)CC. The zero-order chi connectivity index (χ0) is 8.91. The van der Waals surface area contributed by atoms with E-state index < -0.39 is 16.1 Å². The lowest BCUT2D eigenvalue weighted by Gasteiger charge is -1.97. The smallest absolute Gasteiger partial charge is 0.277 e. The zero-order valence-electron chi connectivity index (χ0n) is 5.94. The Morgan fingerprint density at radius 3 is 2.55 bits per heavy atom. The molecule has 0 N–H and O–H groups in total. The van der Waals surface area contributed by atoms with Crippen LogP contribution in [0, 0.1) is 0 Å². The predicted molar refractivity (Wildman–Crippen MR) is 36.8 cm³/mol. The van der Waals surface area contributed by atoms with Crippen LogP contribution in [0.4, 0.5) is 0 Å². The van der Waals surface area contributed by atoms with Gasteiger partial charge in [0.25, 0.3) is 0 Å². The minimum absolute atomic E-state index is 0.253. The van der Waals surface area contributed by atoms with Crippen LogP contribution in [-0.2, 0) is 24.1 Å². The summed E-state index contributed by atoms with van der Waals surface area (Å²) >= 11 is 0. The number of carbonyl (C=O) groups excluding carboxylic acids is 1. The third-order valence-electron chi connectivity index (χ3n) is 0.740. The normalized spacial score (nSPS) is 10.6. The average molecular weight is 180 g/mol. The molecule has 0 aromatic heterocycles. The lowest BCUT2D eigenvalue weighted by Crippen LogP contribution is -2.11. The van der Waals surface area contributed by atoms with Crippen LogP contribution < -0.4 is 0 Å². The van der Waals surface area contributed by atoms with Crippen LogP contribution in [0.1, 0.15) is 6.92 Å². The zero-order valence-corrected chi connectivity index (χ0v) is 6.76. The van der Waals surface area contributed by atoms with Gasteiger partial charge in [0, 0.05) is 6.08 Å². The van der Waals surface area contributed by atoms with E-state index in [0.29, 0.717) is 0 Å². The van der Waals surface area contributed by atoms with Crippen molar-refractivity contribution in [2.75, 3.05) is 5.75 Å². The maximum atomic E-state index is 10.5. The largest absolute Gasteiger partial charge is 0.366 e. The van der Waals surface area contributed by atoms with Gasteiger partial charge in [0.1, 0.15) is 0 Å². The molecule has 0 aromatic rings. The molecule has 0 rings (SSSR count). The third kappa shape index (κ3) is 4.51. The summed E-state index contributed by atoms with van der Waals surface area (Å²) in [7, 11) is -3.72. The van der Waals surface area contributed by atoms with Crippen molar-refractivity contribution in [3.05, 3.63) is 12.7 Å². The van der Waals surface area contributed by atoms with Gasteiger partial charge >= 0.3 is 16.1 Å². The molecular formula is C5H8O5S. The highest BCUT2D eigenvalue weighted by atomic mass is 32.2. The van der Waals surface area contributed by atoms with E-state index in [0.717, 1.165) is 6.08 Å². The maximum absolute atomic E-state index is 10.5. The quantitative estimate of drug-likeness (QED) is 0.346. The fraction of sp³-hybridized carbons (Fsp3) is 0.400. The molecule has 0 saturated heterocycles. The van der Waals surface area contributed by atoms with E-state index in [1.54, 1.807) is 0 Å². The molecule has 0 radical (unpaired) electrons. The van der Waals surface area contributed by atoms with Crippen LogP contribution in [0.2, 0.25) is 0 Å². The first-order valence-corrected chi connectivity index (χ1v) is 4.34. The monoisotopic (exact) mass is 180 g/mol. The van der Waals surface area contributed by atoms with Crippen molar-refractivity contribution in [3.63, 3.8) is 0 Å². The van der Waals surface area contributed by atoms with Crippen LogP contribution in [0.25, 0.3) is 0 Å². The second kappa shape index (κ2) is 4.09. The third-order valence-corrected chi connectivity index (χ3v) is 1.72. The van der Waals surface area contributed by atoms with E-state index in [-0.39, 0.29) is 5.75 Å². The molecule has 0 aliphatic heterocycles. The van der Waals surface area contributed by atoms with Crippen molar-refractivity contribution in [1.29, 1.82) is 0 Å². The van der Waals surface area contributed by atoms with Crippen molar-refractivity contribution >= 4 is 16.1 Å². The molecule has 11 heavy (non-hydrogen) atoms. The summed E-state index contributed by atoms with van der Waals surface area (Å²) in [5, 5.41) is 0. The van der Waals surface area contributed by atoms with Crippen LogP contribution >= 0.6 is 0 Å². The Morgan fingerprint density at radius 1 is 1.64 bits per heavy atom. The van der Waals surface area contributed by atoms with Gasteiger partial charge in [-0.15, -0.1) is 0 Å². The Labute approximate surface area is 64.7 Å². The number of rotatable bonds is 4. The van der Waals surface area contributed by atoms with E-state index in [9.17, 15) is 13.2 Å². The predicted octanol–water partition coefficient (Wildman–Crippen LogP) is -0.00310. The van der Waals surface area contributed by atoms with Crippen molar-refractivity contribution in [2.24, 2.45) is 0 Å². The molecule has 0 aromatic carbocycles. The van der Waals surface area contributed by atoms with E-state index in [1.807, 2.05) is 0 Å². The number of hydrogen-bond acceptors (Lipinski definition) is 5. The van der Waals surface area contributed by atoms with Gasteiger partial charge < -0.3 is 0 Å². The van der Waals surface area contributed by atoms with E-state index >= 15 is 0 Å². The first-order chi connectivity index (χ1) is 5.02. The van der Waals surface area contributed by atoms with Gasteiger partial charge in [0.05, 0.1) is 5.75 Å². The van der Waals surface area contributed by atoms with E-state index in [4.69, 9.17) is 0 Å². The topological polar surface area (TPSA) is 69.7 Å². The summed E-state index contributed by atoms with van der Waals surface area (Å²) < 4.78 is 24.8. The molecule has 0 heterocycles. The first kappa shape index (κ1) is 10.1. The number of hydrogen-bond donors (Lipinski definition) is 0. The van der Waals surface area contributed by atoms with Crippen LogP contribution in [-0.4, -0.2) is 20.1 Å². The Bertz CT molecular complexity index is 240. The van der Waals surface area contributed by atoms with Gasteiger partial charge in [-0.2, -0.15) is 8.42 Å². The van der Waals surface area contributed by atoms with Crippen LogP contribution in [0.5, 0.6) is 0 Å². The Morgan fingerprint density at radius 2 is 2.18 bits per heavy atom. The lowest BCUT2D eigenvalue weighted by atomic mass is 10.7. The van der Waals surface area contributed by atoms with Gasteiger partial charge in [-0.05, 0) is 6.92 Å². The molecule has 0 atom stereocenters. The van der Waals surface area contributed by atoms with Crippen LogP contribution in [0.15, 0.2) is 12.7 Å². The second-order valence-electron chi connectivity index (χ2n) is 1.52. The van der Waals surface area contributed by atoms with E-state index in [1.165, 1.54) is 6.92 Å². The van der Waals surface area contributed by atoms with Gasteiger partial charge in [-0.1, -0.05) is 10.9 Å². The molecule has 0 spiro atoms. The summed E-state index contributed by atoms with van der Waals surface area (Å²) in [5.41, 5.74) is 0. The van der Waals surface area contributed by atoms with Crippen LogP contribution in [0.3, 0.4) is 0 Å². The highest BCUT2D eigenvalue weighted by molar-refractivity contribution is 7.86. The van der Waals surface area contributed by atoms with Crippen molar-refractivity contribution in [2.45, 2.75) is 6.92 Å². The molecule has 0 saturated carbocycles. The van der Waals surface area contributed by atoms with E-state index in [2.05, 4.69) is 15.8 Å². The average Bonchev–Trinajstić information content (AvgIpc) is 2.00. The first-order valence-electron chi connectivity index (χ1n) is 2.77. The standard InChI is InChI=1S/C5H8O5S/c1-3-5(6)9-10-11(7,8)4-2/h3H,1,4H2,2H3. The Balaban J connectivity index is 3.90. The molecule has 0 bridgehead atoms. The van der Waals surface area contributed by atoms with Gasteiger partial charge in [-0.3, -0.25) is 4.89 Å². The Hall–Kier alpha value is -0.880. The maximum Gasteiger partial charge on any atom is 0.366 e. The molecule has 0 aliphatic carbocycles. The second-order valence-corrected chi connectivity index (χ2v) is 3.35. The minimum atomic E-state index is -3.72. The van der Waals surface area contributed by atoms with Crippen molar-refractivity contribution < 1.29 is 22.4 Å². The highest BCUT2D eigenvalue weighted by Gasteiger charge is 2.10. The summed E-state index contributed by atoms with van der Waals surface area (Å²) in [6.07, 6.45) is 0.797. The van der Waals surface area contributed by atoms with Gasteiger partial charge in [-0.25, -0.2) is 4.79 Å². The summed E-state index contributed by atoms with van der Waals surface area (Å²) in [6.45, 7) is 4.40. The molecule has 0 aliphatic rings. The summed E-state index contributed by atoms with van der Waals surface area (Å²) in [5.74, 6) is -1.20. The molecule has 5 nitrogen and oxygen atoms in total. The molecule has 0 amide bonds. The molecule has 0 unspecified atom stereocenters. The van der Waals surface area contributed by atoms with Crippen molar-refractivity contribution in [1.82, 2.24) is 0 Å². The lowest BCUT2D eigenvalue weighted by molar-refractivity contribution is -0.204. The fourth-order valence-electron chi connectivity index (χ4n) is 0.167. The molecule has 6 heteroatoms. The minimum Gasteiger partial charge on any atom is -0.277 e. The number of carbonyl (C=O) groups is 1. The summed E-state index contributed by atoms with van der Waals surface area (Å²) in [6, 6.07) is 0. The van der Waals surface area contributed by atoms with Gasteiger partial charge in [0.15, 0.2) is 0 Å². The molecular weight excluding hydrogens is 172 g/mol. The van der Waals surface area contributed by atoms with Gasteiger partial charge in [0.2, 0.25) is 0 Å². The fourth-order valence-corrected chi connectivity index (χ4v) is 0.434.